The molecular formula is C33H22N4O. The lowest BCUT2D eigenvalue weighted by Gasteiger charge is -2.32. The summed E-state index contributed by atoms with van der Waals surface area (Å²) in [5.41, 5.74) is 5.75. The quantitative estimate of drug-likeness (QED) is 0.248. The molecule has 1 aliphatic rings. The van der Waals surface area contributed by atoms with E-state index in [0.29, 0.717) is 17.5 Å². The molecule has 5 aromatic carbocycles. The standard InChI is InChI=1S/C33H22N4O/c1-3-12-23(13-4-1)31-34-32(24-14-5-2-6-15-24)36-33(35-31)25-16-11-17-26(22-25)37-27-18-7-9-20-29(27)38-30-21-10-8-19-28(30)37/h1-22H. The molecule has 0 unspecified atom stereocenters. The van der Waals surface area contributed by atoms with Gasteiger partial charge >= 0.3 is 0 Å². The van der Waals surface area contributed by atoms with Gasteiger partial charge in [0.05, 0.1) is 11.4 Å². The SMILES string of the molecule is c1ccc(-c2nc(-c3ccccc3)nc(-c3cccc(N4c5ccccc5Oc5ccccc54)c3)n2)cc1. The van der Waals surface area contributed by atoms with Crippen LogP contribution in [0, 0.1) is 0 Å². The van der Waals surface area contributed by atoms with E-state index in [1.807, 2.05) is 109 Å². The van der Waals surface area contributed by atoms with Crippen LogP contribution in [-0.4, -0.2) is 15.0 Å². The Balaban J connectivity index is 1.39. The molecule has 0 aliphatic carbocycles. The van der Waals surface area contributed by atoms with Crippen molar-refractivity contribution in [1.29, 1.82) is 0 Å². The summed E-state index contributed by atoms with van der Waals surface area (Å²) in [5.74, 6) is 3.53. The molecule has 5 nitrogen and oxygen atoms in total. The van der Waals surface area contributed by atoms with Gasteiger partial charge in [-0.1, -0.05) is 97.1 Å². The molecule has 0 saturated carbocycles. The Morgan fingerprint density at radius 1 is 0.421 bits per heavy atom. The van der Waals surface area contributed by atoms with Crippen molar-refractivity contribution < 1.29 is 4.74 Å². The van der Waals surface area contributed by atoms with Gasteiger partial charge in [0.1, 0.15) is 0 Å². The topological polar surface area (TPSA) is 51.1 Å². The first-order chi connectivity index (χ1) is 18.8. The fourth-order valence-electron chi connectivity index (χ4n) is 4.70. The van der Waals surface area contributed by atoms with Crippen molar-refractivity contribution in [3.8, 4) is 45.7 Å². The first-order valence-corrected chi connectivity index (χ1v) is 12.5. The van der Waals surface area contributed by atoms with E-state index in [2.05, 4.69) is 29.2 Å². The molecule has 0 amide bonds. The number of hydrogen-bond donors (Lipinski definition) is 0. The van der Waals surface area contributed by atoms with E-state index in [1.165, 1.54) is 0 Å². The summed E-state index contributed by atoms with van der Waals surface area (Å²) in [6.45, 7) is 0. The summed E-state index contributed by atoms with van der Waals surface area (Å²) in [6, 6.07) is 44.5. The van der Waals surface area contributed by atoms with Crippen LogP contribution in [0.25, 0.3) is 34.2 Å². The molecule has 0 atom stereocenters. The molecule has 0 saturated heterocycles. The number of hydrogen-bond acceptors (Lipinski definition) is 5. The van der Waals surface area contributed by atoms with Gasteiger partial charge in [0.25, 0.3) is 0 Å². The Bertz CT molecular complexity index is 1650. The van der Waals surface area contributed by atoms with Crippen LogP contribution in [0.5, 0.6) is 11.5 Å². The highest BCUT2D eigenvalue weighted by molar-refractivity contribution is 5.87. The fourth-order valence-corrected chi connectivity index (χ4v) is 4.70. The van der Waals surface area contributed by atoms with Gasteiger partial charge in [-0.15, -0.1) is 0 Å². The van der Waals surface area contributed by atoms with Crippen LogP contribution < -0.4 is 9.64 Å². The van der Waals surface area contributed by atoms with Crippen LogP contribution in [0.4, 0.5) is 17.1 Å². The third-order valence-electron chi connectivity index (χ3n) is 6.49. The number of benzene rings is 5. The molecular weight excluding hydrogens is 468 g/mol. The van der Waals surface area contributed by atoms with E-state index in [0.717, 1.165) is 45.3 Å². The van der Waals surface area contributed by atoms with Crippen molar-refractivity contribution in [3.63, 3.8) is 0 Å². The van der Waals surface area contributed by atoms with Gasteiger partial charge in [-0.3, -0.25) is 0 Å². The van der Waals surface area contributed by atoms with Crippen molar-refractivity contribution in [2.75, 3.05) is 4.90 Å². The summed E-state index contributed by atoms with van der Waals surface area (Å²) in [6.07, 6.45) is 0. The first kappa shape index (κ1) is 21.9. The molecule has 180 valence electrons. The van der Waals surface area contributed by atoms with E-state index in [-0.39, 0.29) is 0 Å². The van der Waals surface area contributed by atoms with E-state index in [1.54, 1.807) is 0 Å². The molecule has 0 bridgehead atoms. The number of anilines is 3. The predicted octanol–water partition coefficient (Wildman–Crippen LogP) is 8.45. The van der Waals surface area contributed by atoms with Crippen LogP contribution in [0.2, 0.25) is 0 Å². The fraction of sp³-hybridized carbons (Fsp3) is 0. The predicted molar refractivity (Wildman–Crippen MR) is 151 cm³/mol. The lowest BCUT2D eigenvalue weighted by atomic mass is 10.1. The number of rotatable bonds is 4. The zero-order valence-corrected chi connectivity index (χ0v) is 20.4. The number of para-hydroxylation sites is 4. The summed E-state index contributed by atoms with van der Waals surface area (Å²) < 4.78 is 6.20. The van der Waals surface area contributed by atoms with E-state index >= 15 is 0 Å². The van der Waals surface area contributed by atoms with Crippen LogP contribution in [0.3, 0.4) is 0 Å². The van der Waals surface area contributed by atoms with E-state index < -0.39 is 0 Å². The average molecular weight is 491 g/mol. The van der Waals surface area contributed by atoms with Gasteiger partial charge in [-0.25, -0.2) is 15.0 Å². The van der Waals surface area contributed by atoms with E-state index in [9.17, 15) is 0 Å². The van der Waals surface area contributed by atoms with Crippen molar-refractivity contribution in [2.24, 2.45) is 0 Å². The molecule has 7 rings (SSSR count). The summed E-state index contributed by atoms with van der Waals surface area (Å²) in [4.78, 5) is 16.9. The van der Waals surface area contributed by atoms with Gasteiger partial charge in [-0.2, -0.15) is 0 Å². The number of fused-ring (bicyclic) bond motifs is 2. The van der Waals surface area contributed by atoms with Crippen molar-refractivity contribution in [1.82, 2.24) is 15.0 Å². The Kier molecular flexibility index (Phi) is 5.37. The van der Waals surface area contributed by atoms with Gasteiger partial charge < -0.3 is 9.64 Å². The lowest BCUT2D eigenvalue weighted by molar-refractivity contribution is 0.477. The Morgan fingerprint density at radius 3 is 1.42 bits per heavy atom. The maximum Gasteiger partial charge on any atom is 0.164 e. The van der Waals surface area contributed by atoms with Crippen LogP contribution in [-0.2, 0) is 0 Å². The Morgan fingerprint density at radius 2 is 0.868 bits per heavy atom. The third kappa shape index (κ3) is 3.96. The molecule has 0 N–H and O–H groups in total. The van der Waals surface area contributed by atoms with Gasteiger partial charge in [0.2, 0.25) is 0 Å². The molecule has 1 aromatic heterocycles. The molecule has 0 radical (unpaired) electrons. The number of nitrogens with zero attached hydrogens (tertiary/aromatic N) is 4. The minimum atomic E-state index is 0.620. The Hall–Kier alpha value is -5.29. The van der Waals surface area contributed by atoms with E-state index in [4.69, 9.17) is 19.7 Å². The maximum absolute atomic E-state index is 6.20. The molecule has 0 spiro atoms. The summed E-state index contributed by atoms with van der Waals surface area (Å²) in [7, 11) is 0. The zero-order chi connectivity index (χ0) is 25.3. The first-order valence-electron chi connectivity index (χ1n) is 12.5. The van der Waals surface area contributed by atoms with Crippen LogP contribution >= 0.6 is 0 Å². The van der Waals surface area contributed by atoms with Crippen molar-refractivity contribution >= 4 is 17.1 Å². The second-order valence-corrected chi connectivity index (χ2v) is 8.96. The molecule has 38 heavy (non-hydrogen) atoms. The van der Waals surface area contributed by atoms with Crippen molar-refractivity contribution in [2.45, 2.75) is 0 Å². The highest BCUT2D eigenvalue weighted by Crippen LogP contribution is 2.50. The van der Waals surface area contributed by atoms with Gasteiger partial charge in [0, 0.05) is 22.4 Å². The third-order valence-corrected chi connectivity index (χ3v) is 6.49. The molecule has 5 heteroatoms. The summed E-state index contributed by atoms with van der Waals surface area (Å²) >= 11 is 0. The van der Waals surface area contributed by atoms with Crippen LogP contribution in [0.15, 0.2) is 133 Å². The second-order valence-electron chi connectivity index (χ2n) is 8.96. The second kappa shape index (κ2) is 9.30. The minimum absolute atomic E-state index is 0.620. The van der Waals surface area contributed by atoms with Gasteiger partial charge in [-0.05, 0) is 36.4 Å². The average Bonchev–Trinajstić information content (AvgIpc) is 3.00. The minimum Gasteiger partial charge on any atom is -0.453 e. The van der Waals surface area contributed by atoms with Crippen LogP contribution in [0.1, 0.15) is 0 Å². The highest BCUT2D eigenvalue weighted by Gasteiger charge is 2.25. The van der Waals surface area contributed by atoms with Gasteiger partial charge in [0.15, 0.2) is 29.0 Å². The smallest absolute Gasteiger partial charge is 0.164 e. The number of ether oxygens (including phenoxy) is 1. The largest absolute Gasteiger partial charge is 0.453 e. The molecule has 2 heterocycles. The van der Waals surface area contributed by atoms with Crippen molar-refractivity contribution in [3.05, 3.63) is 133 Å². The molecule has 1 aliphatic heterocycles. The lowest BCUT2D eigenvalue weighted by Crippen LogP contribution is -2.15. The maximum atomic E-state index is 6.20. The summed E-state index contributed by atoms with van der Waals surface area (Å²) in [5, 5.41) is 0. The number of aromatic nitrogens is 3. The molecule has 6 aromatic rings. The normalized spacial score (nSPS) is 11.8. The monoisotopic (exact) mass is 490 g/mol. The highest BCUT2D eigenvalue weighted by atomic mass is 16.5. The zero-order valence-electron chi connectivity index (χ0n) is 20.4. The molecule has 0 fully saturated rings. The Labute approximate surface area is 220 Å².